The fourth-order valence-electron chi connectivity index (χ4n) is 4.91. The molecule has 0 atom stereocenters. The van der Waals surface area contributed by atoms with Crippen molar-refractivity contribution in [3.05, 3.63) is 63.8 Å². The number of likely N-dealkylation sites (N-methyl/N-ethyl adjacent to an activating group) is 1. The molecule has 11 heteroatoms. The number of Topliss-reactive ketones (excluding diaryl/α,β-unsaturated/α-hetero) is 1. The quantitative estimate of drug-likeness (QED) is 0.389. The van der Waals surface area contributed by atoms with E-state index in [-0.39, 0.29) is 27.7 Å². The molecule has 186 valence electrons. The van der Waals surface area contributed by atoms with Crippen molar-refractivity contribution in [1.29, 1.82) is 0 Å². The highest BCUT2D eigenvalue weighted by atomic mass is 35.5. The van der Waals surface area contributed by atoms with E-state index in [0.717, 1.165) is 6.07 Å². The minimum Gasteiger partial charge on any atom is -0.390 e. The number of rotatable bonds is 7. The summed E-state index contributed by atoms with van der Waals surface area (Å²) in [5.41, 5.74) is 0.168. The number of ketones is 1. The number of hydrogen-bond donors (Lipinski definition) is 3. The summed E-state index contributed by atoms with van der Waals surface area (Å²) in [6.45, 7) is 5.69. The molecule has 0 saturated heterocycles. The fourth-order valence-corrected chi connectivity index (χ4v) is 5.09. The fraction of sp³-hybridized carbons (Fsp3) is 0.375. The highest BCUT2D eigenvalue weighted by molar-refractivity contribution is 6.43. The molecule has 7 nitrogen and oxygen atoms in total. The number of hydrogen-bond acceptors (Lipinski definition) is 4. The minimum atomic E-state index is -2.98. The van der Waals surface area contributed by atoms with Gasteiger partial charge in [0.1, 0.15) is 5.82 Å². The van der Waals surface area contributed by atoms with Crippen LogP contribution in [0.5, 0.6) is 0 Å². The second-order valence-electron chi connectivity index (χ2n) is 8.94. The lowest BCUT2D eigenvalue weighted by atomic mass is 9.71. The molecule has 2 amide bonds. The summed E-state index contributed by atoms with van der Waals surface area (Å²) >= 11 is 5.79. The average molecular weight is 509 g/mol. The highest BCUT2D eigenvalue weighted by Gasteiger charge is 2.59. The van der Waals surface area contributed by atoms with Gasteiger partial charge in [-0.3, -0.25) is 14.4 Å². The van der Waals surface area contributed by atoms with Crippen LogP contribution in [0.2, 0.25) is 5.02 Å². The van der Waals surface area contributed by atoms with E-state index in [4.69, 9.17) is 11.6 Å². The maximum atomic E-state index is 13.7. The van der Waals surface area contributed by atoms with Gasteiger partial charge in [-0.2, -0.15) is 0 Å². The van der Waals surface area contributed by atoms with Crippen molar-refractivity contribution in [3.8, 4) is 0 Å². The first-order chi connectivity index (χ1) is 16.4. The molecule has 2 aliphatic rings. The molecule has 4 rings (SSSR count). The summed E-state index contributed by atoms with van der Waals surface area (Å²) in [5.74, 6) is -6.12. The van der Waals surface area contributed by atoms with Gasteiger partial charge in [-0.05, 0) is 43.5 Å². The third kappa shape index (κ3) is 4.31. The number of carbonyl (C=O) groups excluding carboxylic acids is 3. The van der Waals surface area contributed by atoms with Crippen molar-refractivity contribution in [2.75, 3.05) is 12.4 Å². The van der Waals surface area contributed by atoms with Crippen molar-refractivity contribution in [3.63, 3.8) is 0 Å². The highest BCUT2D eigenvalue weighted by Crippen LogP contribution is 2.48. The molecule has 1 aromatic carbocycles. The normalized spacial score (nSPS) is 17.2. The predicted octanol–water partition coefficient (Wildman–Crippen LogP) is 3.99. The van der Waals surface area contributed by atoms with Crippen molar-refractivity contribution < 1.29 is 27.6 Å². The van der Waals surface area contributed by atoms with E-state index >= 15 is 0 Å². The molecule has 0 spiro atoms. The van der Waals surface area contributed by atoms with Crippen LogP contribution >= 0.6 is 11.6 Å². The monoisotopic (exact) mass is 508 g/mol. The number of anilines is 1. The van der Waals surface area contributed by atoms with Crippen molar-refractivity contribution in [1.82, 2.24) is 15.2 Å². The van der Waals surface area contributed by atoms with Gasteiger partial charge in [0.15, 0.2) is 0 Å². The zero-order chi connectivity index (χ0) is 25.7. The second-order valence-corrected chi connectivity index (χ2v) is 9.34. The lowest BCUT2D eigenvalue weighted by molar-refractivity contribution is -0.138. The Morgan fingerprint density at radius 2 is 1.89 bits per heavy atom. The van der Waals surface area contributed by atoms with Crippen LogP contribution in [-0.2, 0) is 17.8 Å². The summed E-state index contributed by atoms with van der Waals surface area (Å²) in [4.78, 5) is 39.3. The third-order valence-corrected chi connectivity index (χ3v) is 6.88. The SMILES string of the molecule is C=C(NC)C1(NC(=O)C(=O)c2c(C)c(C(=O)Nc3ccc(F)c(Cl)c3)c3n2CCC3)CC(F)(F)C1. The summed E-state index contributed by atoms with van der Waals surface area (Å²) in [6.07, 6.45) is -0.169. The van der Waals surface area contributed by atoms with Gasteiger partial charge in [-0.25, -0.2) is 13.2 Å². The molecular formula is C24H24ClF3N4O3. The number of aromatic nitrogens is 1. The maximum absolute atomic E-state index is 13.7. The largest absolute Gasteiger partial charge is 0.390 e. The Morgan fingerprint density at radius 3 is 2.49 bits per heavy atom. The van der Waals surface area contributed by atoms with E-state index in [1.54, 1.807) is 11.5 Å². The molecule has 1 saturated carbocycles. The third-order valence-electron chi connectivity index (χ3n) is 6.59. The second kappa shape index (κ2) is 8.75. The van der Waals surface area contributed by atoms with Crippen LogP contribution in [0, 0.1) is 12.7 Å². The number of benzene rings is 1. The molecule has 1 aliphatic carbocycles. The first kappa shape index (κ1) is 24.8. The molecule has 1 aliphatic heterocycles. The van der Waals surface area contributed by atoms with Crippen LogP contribution < -0.4 is 16.0 Å². The Morgan fingerprint density at radius 1 is 1.20 bits per heavy atom. The predicted molar refractivity (Wildman–Crippen MR) is 124 cm³/mol. The van der Waals surface area contributed by atoms with Crippen molar-refractivity contribution in [2.24, 2.45) is 0 Å². The number of carbonyl (C=O) groups is 3. The van der Waals surface area contributed by atoms with Crippen LogP contribution in [-0.4, -0.2) is 40.7 Å². The summed E-state index contributed by atoms with van der Waals surface area (Å²) in [7, 11) is 1.50. The van der Waals surface area contributed by atoms with E-state index in [1.165, 1.54) is 19.2 Å². The first-order valence-corrected chi connectivity index (χ1v) is 11.4. The number of amides is 2. The van der Waals surface area contributed by atoms with Gasteiger partial charge in [0.05, 0.1) is 21.8 Å². The standard InChI is InChI=1S/C24H24ClF3N4O3/c1-12-18(21(34)30-14-6-7-16(26)15(25)9-14)17-5-4-8-32(17)19(12)20(33)22(35)31-23(13(2)29-3)10-24(27,28)11-23/h6-7,9,29H,2,4-5,8,10-11H2,1,3H3,(H,30,34)(H,31,35). The molecule has 2 heterocycles. The molecule has 35 heavy (non-hydrogen) atoms. The average Bonchev–Trinajstić information content (AvgIpc) is 3.33. The van der Waals surface area contributed by atoms with Crippen molar-refractivity contribution >= 4 is 34.9 Å². The lowest BCUT2D eigenvalue weighted by Crippen LogP contribution is -2.65. The van der Waals surface area contributed by atoms with Crippen molar-refractivity contribution in [2.45, 2.75) is 50.6 Å². The molecule has 1 fully saturated rings. The zero-order valence-electron chi connectivity index (χ0n) is 19.2. The van der Waals surface area contributed by atoms with Gasteiger partial charge < -0.3 is 20.5 Å². The van der Waals surface area contributed by atoms with Gasteiger partial charge in [0, 0.05) is 43.5 Å². The summed E-state index contributed by atoms with van der Waals surface area (Å²) in [5, 5.41) is 7.62. The van der Waals surface area contributed by atoms with Crippen LogP contribution in [0.3, 0.4) is 0 Å². The molecule has 0 unspecified atom stereocenters. The van der Waals surface area contributed by atoms with E-state index in [9.17, 15) is 27.6 Å². The molecule has 3 N–H and O–H groups in total. The Bertz CT molecular complexity index is 1260. The lowest BCUT2D eigenvalue weighted by Gasteiger charge is -2.48. The molecule has 1 aromatic heterocycles. The van der Waals surface area contributed by atoms with E-state index in [1.807, 2.05) is 0 Å². The van der Waals surface area contributed by atoms with E-state index < -0.39 is 47.7 Å². The molecule has 0 radical (unpaired) electrons. The van der Waals surface area contributed by atoms with Gasteiger partial charge >= 0.3 is 0 Å². The number of alkyl halides is 2. The number of nitrogens with zero attached hydrogens (tertiary/aromatic N) is 1. The molecule has 2 aromatic rings. The van der Waals surface area contributed by atoms with E-state index in [0.29, 0.717) is 30.6 Å². The Balaban J connectivity index is 1.62. The number of nitrogens with one attached hydrogen (secondary N) is 3. The first-order valence-electron chi connectivity index (χ1n) is 11.0. The Labute approximate surface area is 204 Å². The van der Waals surface area contributed by atoms with Gasteiger partial charge in [-0.15, -0.1) is 0 Å². The van der Waals surface area contributed by atoms with E-state index in [2.05, 4.69) is 22.5 Å². The van der Waals surface area contributed by atoms with Crippen LogP contribution in [0.1, 0.15) is 51.4 Å². The van der Waals surface area contributed by atoms with Gasteiger partial charge in [0.2, 0.25) is 0 Å². The summed E-state index contributed by atoms with van der Waals surface area (Å²) < 4.78 is 42.5. The zero-order valence-corrected chi connectivity index (χ0v) is 19.9. The smallest absolute Gasteiger partial charge is 0.294 e. The van der Waals surface area contributed by atoms with Crippen LogP contribution in [0.15, 0.2) is 30.5 Å². The van der Waals surface area contributed by atoms with Crippen LogP contribution in [0.4, 0.5) is 18.9 Å². The maximum Gasteiger partial charge on any atom is 0.294 e. The van der Waals surface area contributed by atoms with Gasteiger partial charge in [0.25, 0.3) is 23.5 Å². The number of fused-ring (bicyclic) bond motifs is 1. The summed E-state index contributed by atoms with van der Waals surface area (Å²) in [6, 6.07) is 3.74. The molecule has 0 bridgehead atoms. The Hall–Kier alpha value is -3.27. The molecular weight excluding hydrogens is 485 g/mol. The topological polar surface area (TPSA) is 92.2 Å². The number of halogens is 4. The Kier molecular flexibility index (Phi) is 6.21. The van der Waals surface area contributed by atoms with Gasteiger partial charge in [-0.1, -0.05) is 18.2 Å². The minimum absolute atomic E-state index is 0.0357. The van der Waals surface area contributed by atoms with Crippen LogP contribution in [0.25, 0.3) is 0 Å².